The molecule has 0 radical (unpaired) electrons. The highest BCUT2D eigenvalue weighted by molar-refractivity contribution is 6.07. The zero-order chi connectivity index (χ0) is 15.9. The van der Waals surface area contributed by atoms with E-state index < -0.39 is 11.5 Å². The van der Waals surface area contributed by atoms with Crippen LogP contribution in [0.25, 0.3) is 0 Å². The molecular weight excluding hydrogens is 280 g/mol. The Morgan fingerprint density at radius 1 is 1.41 bits per heavy atom. The number of anilines is 1. The zero-order valence-electron chi connectivity index (χ0n) is 13.2. The first-order valence-electron chi connectivity index (χ1n) is 7.74. The normalized spacial score (nSPS) is 29.7. The second-order valence-electron chi connectivity index (χ2n) is 6.60. The molecule has 3 rings (SSSR count). The molecule has 2 aliphatic rings. The van der Waals surface area contributed by atoms with Crippen LogP contribution in [0, 0.1) is 5.92 Å². The summed E-state index contributed by atoms with van der Waals surface area (Å²) in [5.41, 5.74) is 1.16. The van der Waals surface area contributed by atoms with E-state index in [-0.39, 0.29) is 17.9 Å². The summed E-state index contributed by atoms with van der Waals surface area (Å²) in [6, 6.07) is 7.25. The van der Waals surface area contributed by atoms with Gasteiger partial charge in [-0.3, -0.25) is 9.59 Å². The fourth-order valence-corrected chi connectivity index (χ4v) is 3.83. The average Bonchev–Trinajstić information content (AvgIpc) is 2.99. The summed E-state index contributed by atoms with van der Waals surface area (Å²) in [6.07, 6.45) is 1.27. The molecule has 0 unspecified atom stereocenters. The van der Waals surface area contributed by atoms with Crippen LogP contribution < -0.4 is 10.6 Å². The number of benzene rings is 1. The molecule has 0 aliphatic carbocycles. The summed E-state index contributed by atoms with van der Waals surface area (Å²) in [5, 5.41) is 6.32. The van der Waals surface area contributed by atoms with E-state index in [1.165, 1.54) is 7.11 Å². The first kappa shape index (κ1) is 15.0. The predicted molar refractivity (Wildman–Crippen MR) is 83.5 cm³/mol. The Hall–Kier alpha value is -1.88. The molecule has 0 bridgehead atoms. The van der Waals surface area contributed by atoms with E-state index in [0.29, 0.717) is 12.3 Å². The largest absolute Gasteiger partial charge is 0.468 e. The third kappa shape index (κ3) is 2.11. The summed E-state index contributed by atoms with van der Waals surface area (Å²) < 4.78 is 4.88. The van der Waals surface area contributed by atoms with Crippen LogP contribution in [0.1, 0.15) is 32.3 Å². The molecule has 1 aromatic rings. The van der Waals surface area contributed by atoms with E-state index in [0.717, 1.165) is 17.7 Å². The van der Waals surface area contributed by atoms with Gasteiger partial charge >= 0.3 is 5.97 Å². The van der Waals surface area contributed by atoms with Crippen molar-refractivity contribution < 1.29 is 14.3 Å². The number of rotatable bonds is 3. The second kappa shape index (κ2) is 5.39. The van der Waals surface area contributed by atoms with Crippen LogP contribution in [-0.4, -0.2) is 31.1 Å². The van der Waals surface area contributed by atoms with Crippen molar-refractivity contribution in [1.29, 1.82) is 0 Å². The van der Waals surface area contributed by atoms with Gasteiger partial charge in [0.15, 0.2) is 0 Å². The SMILES string of the molecule is COC(=O)[C@@H]1C[C@@]2(C(=O)Nc3ccccc32)[C@H](CC(C)C)N1. The minimum absolute atomic E-state index is 0.0155. The minimum atomic E-state index is -0.681. The summed E-state index contributed by atoms with van der Waals surface area (Å²) in [7, 11) is 1.38. The number of methoxy groups -OCH3 is 1. The number of hydrogen-bond acceptors (Lipinski definition) is 4. The summed E-state index contributed by atoms with van der Waals surface area (Å²) in [5.74, 6) is 0.104. The van der Waals surface area contributed by atoms with Gasteiger partial charge in [-0.2, -0.15) is 0 Å². The number of nitrogens with one attached hydrogen (secondary N) is 2. The lowest BCUT2D eigenvalue weighted by atomic mass is 9.72. The van der Waals surface area contributed by atoms with Gasteiger partial charge in [-0.15, -0.1) is 0 Å². The van der Waals surface area contributed by atoms with Crippen molar-refractivity contribution in [1.82, 2.24) is 5.32 Å². The van der Waals surface area contributed by atoms with Crippen LogP contribution in [-0.2, 0) is 19.7 Å². The van der Waals surface area contributed by atoms with Crippen molar-refractivity contribution in [2.75, 3.05) is 12.4 Å². The first-order valence-corrected chi connectivity index (χ1v) is 7.74. The van der Waals surface area contributed by atoms with E-state index in [9.17, 15) is 9.59 Å². The van der Waals surface area contributed by atoms with Crippen LogP contribution in [0.3, 0.4) is 0 Å². The number of carbonyl (C=O) groups excluding carboxylic acids is 2. The molecule has 5 heteroatoms. The molecule has 2 N–H and O–H groups in total. The number of para-hydroxylation sites is 1. The molecule has 1 amide bonds. The molecule has 2 aliphatic heterocycles. The number of carbonyl (C=O) groups is 2. The second-order valence-corrected chi connectivity index (χ2v) is 6.60. The van der Waals surface area contributed by atoms with E-state index in [4.69, 9.17) is 4.74 Å². The Morgan fingerprint density at radius 2 is 2.14 bits per heavy atom. The number of ether oxygens (including phenoxy) is 1. The Kier molecular flexibility index (Phi) is 3.68. The van der Waals surface area contributed by atoms with E-state index >= 15 is 0 Å². The topological polar surface area (TPSA) is 67.4 Å². The molecule has 3 atom stereocenters. The maximum absolute atomic E-state index is 12.8. The molecule has 1 fully saturated rings. The van der Waals surface area contributed by atoms with Crippen LogP contribution in [0.5, 0.6) is 0 Å². The van der Waals surface area contributed by atoms with Crippen LogP contribution in [0.4, 0.5) is 5.69 Å². The Morgan fingerprint density at radius 3 is 2.82 bits per heavy atom. The number of esters is 1. The molecular formula is C17H22N2O3. The quantitative estimate of drug-likeness (QED) is 0.836. The maximum Gasteiger partial charge on any atom is 0.322 e. The average molecular weight is 302 g/mol. The molecule has 118 valence electrons. The summed E-state index contributed by atoms with van der Waals surface area (Å²) in [6.45, 7) is 4.25. The molecule has 22 heavy (non-hydrogen) atoms. The summed E-state index contributed by atoms with van der Waals surface area (Å²) in [4.78, 5) is 24.8. The van der Waals surface area contributed by atoms with Crippen molar-refractivity contribution in [3.63, 3.8) is 0 Å². The van der Waals surface area contributed by atoms with Gasteiger partial charge in [-0.1, -0.05) is 32.0 Å². The molecule has 0 saturated carbocycles. The van der Waals surface area contributed by atoms with Crippen molar-refractivity contribution in [2.24, 2.45) is 5.92 Å². The molecule has 5 nitrogen and oxygen atoms in total. The lowest BCUT2D eigenvalue weighted by Crippen LogP contribution is -2.46. The maximum atomic E-state index is 12.8. The highest BCUT2D eigenvalue weighted by atomic mass is 16.5. The fourth-order valence-electron chi connectivity index (χ4n) is 3.83. The van der Waals surface area contributed by atoms with Gasteiger partial charge in [0.1, 0.15) is 6.04 Å². The minimum Gasteiger partial charge on any atom is -0.468 e. The fraction of sp³-hybridized carbons (Fsp3) is 0.529. The third-order valence-corrected chi connectivity index (χ3v) is 4.78. The van der Waals surface area contributed by atoms with Gasteiger partial charge in [-0.05, 0) is 30.4 Å². The van der Waals surface area contributed by atoms with E-state index in [1.54, 1.807) is 0 Å². The van der Waals surface area contributed by atoms with Crippen molar-refractivity contribution in [3.8, 4) is 0 Å². The molecule has 0 aromatic heterocycles. The Balaban J connectivity index is 2.05. The van der Waals surface area contributed by atoms with Crippen LogP contribution in [0.2, 0.25) is 0 Å². The molecule has 1 saturated heterocycles. The van der Waals surface area contributed by atoms with Gasteiger partial charge in [-0.25, -0.2) is 0 Å². The van der Waals surface area contributed by atoms with Crippen LogP contribution in [0.15, 0.2) is 24.3 Å². The van der Waals surface area contributed by atoms with E-state index in [1.807, 2.05) is 24.3 Å². The van der Waals surface area contributed by atoms with Gasteiger partial charge < -0.3 is 15.4 Å². The van der Waals surface area contributed by atoms with Crippen LogP contribution >= 0.6 is 0 Å². The number of amides is 1. The first-order chi connectivity index (χ1) is 10.5. The van der Waals surface area contributed by atoms with Crippen molar-refractivity contribution >= 4 is 17.6 Å². The van der Waals surface area contributed by atoms with Gasteiger partial charge in [0.2, 0.25) is 5.91 Å². The van der Waals surface area contributed by atoms with Crippen molar-refractivity contribution in [2.45, 2.75) is 44.2 Å². The lowest BCUT2D eigenvalue weighted by molar-refractivity contribution is -0.142. The Labute approximate surface area is 130 Å². The number of hydrogen-bond donors (Lipinski definition) is 2. The van der Waals surface area contributed by atoms with Gasteiger partial charge in [0, 0.05) is 11.7 Å². The highest BCUT2D eigenvalue weighted by Gasteiger charge is 2.58. The lowest BCUT2D eigenvalue weighted by Gasteiger charge is -2.30. The third-order valence-electron chi connectivity index (χ3n) is 4.78. The monoisotopic (exact) mass is 302 g/mol. The zero-order valence-corrected chi connectivity index (χ0v) is 13.2. The molecule has 1 aromatic carbocycles. The standard InChI is InChI=1S/C17H22N2O3/c1-10(2)8-14-17(9-13(18-14)15(20)22-3)11-6-4-5-7-12(11)19-16(17)21/h4-7,10,13-14,18H,8-9H2,1-3H3,(H,19,21)/t13-,14-,17-/m0/s1. The highest BCUT2D eigenvalue weighted by Crippen LogP contribution is 2.48. The van der Waals surface area contributed by atoms with Gasteiger partial charge in [0.25, 0.3) is 0 Å². The van der Waals surface area contributed by atoms with E-state index in [2.05, 4.69) is 24.5 Å². The molecule has 2 heterocycles. The predicted octanol–water partition coefficient (Wildman–Crippen LogP) is 1.83. The smallest absolute Gasteiger partial charge is 0.322 e. The number of fused-ring (bicyclic) bond motifs is 2. The van der Waals surface area contributed by atoms with Crippen molar-refractivity contribution in [3.05, 3.63) is 29.8 Å². The molecule has 1 spiro atoms. The van der Waals surface area contributed by atoms with Gasteiger partial charge in [0.05, 0.1) is 12.5 Å². The Bertz CT molecular complexity index is 614. The summed E-state index contributed by atoms with van der Waals surface area (Å²) >= 11 is 0.